The number of nitrogens with zero attached hydrogens (tertiary/aromatic N) is 1. The van der Waals surface area contributed by atoms with Gasteiger partial charge < -0.3 is 15.1 Å². The first kappa shape index (κ1) is 16.2. The Kier molecular flexibility index (Phi) is 6.18. The van der Waals surface area contributed by atoms with Crippen molar-refractivity contribution in [2.75, 3.05) is 13.2 Å². The summed E-state index contributed by atoms with van der Waals surface area (Å²) in [6.07, 6.45) is 1.59. The fraction of sp³-hybridized carbons (Fsp3) is 0.467. The smallest absolute Gasteiger partial charge is 0.335 e. The van der Waals surface area contributed by atoms with E-state index in [0.717, 1.165) is 12.8 Å². The molecule has 0 unspecified atom stereocenters. The zero-order valence-electron chi connectivity index (χ0n) is 11.9. The molecule has 0 aromatic heterocycles. The Morgan fingerprint density at radius 2 is 1.80 bits per heavy atom. The number of carboxylic acid groups (broad SMARTS) is 1. The van der Waals surface area contributed by atoms with Gasteiger partial charge in [0.05, 0.1) is 12.2 Å². The summed E-state index contributed by atoms with van der Waals surface area (Å²) in [5.74, 6) is -1.30. The predicted octanol–water partition coefficient (Wildman–Crippen LogP) is 2.01. The minimum absolute atomic E-state index is 0.0446. The van der Waals surface area contributed by atoms with E-state index >= 15 is 0 Å². The van der Waals surface area contributed by atoms with E-state index < -0.39 is 5.97 Å². The van der Waals surface area contributed by atoms with E-state index in [1.165, 1.54) is 12.1 Å². The summed E-state index contributed by atoms with van der Waals surface area (Å²) >= 11 is 0. The summed E-state index contributed by atoms with van der Waals surface area (Å²) in [6.45, 7) is 4.11. The molecular formula is C15H21NO4. The zero-order chi connectivity index (χ0) is 15.1. The second kappa shape index (κ2) is 7.65. The minimum Gasteiger partial charge on any atom is -0.478 e. The molecule has 5 nitrogen and oxygen atoms in total. The van der Waals surface area contributed by atoms with Crippen LogP contribution in [0.5, 0.6) is 0 Å². The number of carbonyl (C=O) groups is 2. The monoisotopic (exact) mass is 279 g/mol. The normalized spacial score (nSPS) is 10.6. The average Bonchev–Trinajstić information content (AvgIpc) is 2.47. The van der Waals surface area contributed by atoms with Crippen LogP contribution in [0.4, 0.5) is 0 Å². The molecule has 1 rings (SSSR count). The molecule has 1 aromatic rings. The number of carbonyl (C=O) groups excluding carboxylic acids is 1. The van der Waals surface area contributed by atoms with Crippen LogP contribution in [0, 0.1) is 0 Å². The standard InChI is InChI=1S/C15H21NO4/c1-3-13(4-2)16(8-9-17)14(18)11-6-5-7-12(10-11)15(19)20/h5-7,10,13,17H,3-4,8-9H2,1-2H3,(H,19,20). The van der Waals surface area contributed by atoms with Gasteiger partial charge in [-0.05, 0) is 31.0 Å². The lowest BCUT2D eigenvalue weighted by Gasteiger charge is -2.30. The van der Waals surface area contributed by atoms with Gasteiger partial charge in [0.25, 0.3) is 5.91 Å². The summed E-state index contributed by atoms with van der Waals surface area (Å²) in [6, 6.07) is 6.02. The highest BCUT2D eigenvalue weighted by Gasteiger charge is 2.22. The molecule has 1 aromatic carbocycles. The van der Waals surface area contributed by atoms with Crippen molar-refractivity contribution in [3.05, 3.63) is 35.4 Å². The number of aromatic carboxylic acids is 1. The van der Waals surface area contributed by atoms with Gasteiger partial charge in [-0.2, -0.15) is 0 Å². The van der Waals surface area contributed by atoms with E-state index in [2.05, 4.69) is 0 Å². The Balaban J connectivity index is 3.05. The number of amides is 1. The van der Waals surface area contributed by atoms with Gasteiger partial charge in [0.2, 0.25) is 0 Å². The van der Waals surface area contributed by atoms with Gasteiger partial charge in [0.15, 0.2) is 0 Å². The third-order valence-corrected chi connectivity index (χ3v) is 3.34. The van der Waals surface area contributed by atoms with Crippen molar-refractivity contribution < 1.29 is 19.8 Å². The molecule has 0 atom stereocenters. The summed E-state index contributed by atoms with van der Waals surface area (Å²) in [4.78, 5) is 25.1. The van der Waals surface area contributed by atoms with Crippen LogP contribution in [0.15, 0.2) is 24.3 Å². The number of hydrogen-bond acceptors (Lipinski definition) is 3. The Morgan fingerprint density at radius 1 is 1.20 bits per heavy atom. The van der Waals surface area contributed by atoms with Crippen molar-refractivity contribution in [2.45, 2.75) is 32.7 Å². The van der Waals surface area contributed by atoms with Crippen LogP contribution in [-0.4, -0.2) is 46.2 Å². The SMILES string of the molecule is CCC(CC)N(CCO)C(=O)c1cccc(C(=O)O)c1. The highest BCUT2D eigenvalue weighted by atomic mass is 16.4. The molecule has 5 heteroatoms. The topological polar surface area (TPSA) is 77.8 Å². The molecular weight excluding hydrogens is 258 g/mol. The Bertz CT molecular complexity index is 469. The lowest BCUT2D eigenvalue weighted by molar-refractivity contribution is 0.0622. The maximum absolute atomic E-state index is 12.5. The summed E-state index contributed by atoms with van der Waals surface area (Å²) in [5.41, 5.74) is 0.426. The first-order valence-corrected chi connectivity index (χ1v) is 6.80. The molecule has 20 heavy (non-hydrogen) atoms. The number of benzene rings is 1. The number of rotatable bonds is 7. The second-order valence-electron chi connectivity index (χ2n) is 4.58. The number of aliphatic hydroxyl groups is 1. The summed E-state index contributed by atoms with van der Waals surface area (Å²) < 4.78 is 0. The van der Waals surface area contributed by atoms with Crippen molar-refractivity contribution >= 4 is 11.9 Å². The van der Waals surface area contributed by atoms with Gasteiger partial charge >= 0.3 is 5.97 Å². The molecule has 0 radical (unpaired) electrons. The second-order valence-corrected chi connectivity index (χ2v) is 4.58. The molecule has 0 saturated heterocycles. The lowest BCUT2D eigenvalue weighted by Crippen LogP contribution is -2.41. The van der Waals surface area contributed by atoms with E-state index in [9.17, 15) is 9.59 Å². The van der Waals surface area contributed by atoms with Crippen LogP contribution < -0.4 is 0 Å². The first-order valence-electron chi connectivity index (χ1n) is 6.80. The lowest BCUT2D eigenvalue weighted by atomic mass is 10.1. The van der Waals surface area contributed by atoms with Crippen molar-refractivity contribution in [2.24, 2.45) is 0 Å². The average molecular weight is 279 g/mol. The van der Waals surface area contributed by atoms with Gasteiger partial charge in [0, 0.05) is 18.2 Å². The fourth-order valence-electron chi connectivity index (χ4n) is 2.24. The molecule has 0 bridgehead atoms. The summed E-state index contributed by atoms with van der Waals surface area (Å²) in [7, 11) is 0. The number of aliphatic hydroxyl groups excluding tert-OH is 1. The largest absolute Gasteiger partial charge is 0.478 e. The van der Waals surface area contributed by atoms with Gasteiger partial charge in [0.1, 0.15) is 0 Å². The molecule has 110 valence electrons. The van der Waals surface area contributed by atoms with Gasteiger partial charge in [-0.15, -0.1) is 0 Å². The van der Waals surface area contributed by atoms with Crippen molar-refractivity contribution in [1.29, 1.82) is 0 Å². The van der Waals surface area contributed by atoms with Crippen LogP contribution in [0.25, 0.3) is 0 Å². The third-order valence-electron chi connectivity index (χ3n) is 3.34. The van der Waals surface area contributed by atoms with Gasteiger partial charge in [-0.25, -0.2) is 4.79 Å². The molecule has 0 saturated carbocycles. The van der Waals surface area contributed by atoms with Crippen LogP contribution in [0.1, 0.15) is 47.4 Å². The van der Waals surface area contributed by atoms with E-state index in [1.54, 1.807) is 17.0 Å². The molecule has 1 amide bonds. The maximum atomic E-state index is 12.5. The van der Waals surface area contributed by atoms with Gasteiger partial charge in [-0.1, -0.05) is 19.9 Å². The molecule has 0 aliphatic rings. The van der Waals surface area contributed by atoms with E-state index in [0.29, 0.717) is 5.56 Å². The van der Waals surface area contributed by atoms with Crippen molar-refractivity contribution in [1.82, 2.24) is 4.90 Å². The van der Waals surface area contributed by atoms with Crippen molar-refractivity contribution in [3.8, 4) is 0 Å². The third kappa shape index (κ3) is 3.81. The quantitative estimate of drug-likeness (QED) is 0.800. The van der Waals surface area contributed by atoms with E-state index in [1.807, 2.05) is 13.8 Å². The fourth-order valence-corrected chi connectivity index (χ4v) is 2.24. The molecule has 0 aliphatic heterocycles. The Morgan fingerprint density at radius 3 is 2.30 bits per heavy atom. The predicted molar refractivity (Wildman–Crippen MR) is 75.9 cm³/mol. The Hall–Kier alpha value is -1.88. The van der Waals surface area contributed by atoms with Crippen molar-refractivity contribution in [3.63, 3.8) is 0 Å². The van der Waals surface area contributed by atoms with Crippen LogP contribution in [0.3, 0.4) is 0 Å². The van der Waals surface area contributed by atoms with E-state index in [-0.39, 0.29) is 30.7 Å². The number of carboxylic acids is 1. The molecule has 2 N–H and O–H groups in total. The highest BCUT2D eigenvalue weighted by molar-refractivity contribution is 5.97. The zero-order valence-corrected chi connectivity index (χ0v) is 11.9. The summed E-state index contributed by atoms with van der Waals surface area (Å²) in [5, 5.41) is 18.1. The van der Waals surface area contributed by atoms with Crippen LogP contribution >= 0.6 is 0 Å². The number of hydrogen-bond donors (Lipinski definition) is 2. The minimum atomic E-state index is -1.06. The molecule has 0 heterocycles. The molecule has 0 fully saturated rings. The molecule has 0 aliphatic carbocycles. The maximum Gasteiger partial charge on any atom is 0.335 e. The molecule has 0 spiro atoms. The van der Waals surface area contributed by atoms with Crippen LogP contribution in [-0.2, 0) is 0 Å². The first-order chi connectivity index (χ1) is 9.54. The van der Waals surface area contributed by atoms with E-state index in [4.69, 9.17) is 10.2 Å². The van der Waals surface area contributed by atoms with Crippen LogP contribution in [0.2, 0.25) is 0 Å². The van der Waals surface area contributed by atoms with Gasteiger partial charge in [-0.3, -0.25) is 4.79 Å². The highest BCUT2D eigenvalue weighted by Crippen LogP contribution is 2.14. The Labute approximate surface area is 118 Å².